The average molecular weight is 418 g/mol. The number of nitrogens with one attached hydrogen (secondary N) is 1. The van der Waals surface area contributed by atoms with Gasteiger partial charge in [0.15, 0.2) is 6.61 Å². The van der Waals surface area contributed by atoms with Crippen LogP contribution in [-0.4, -0.2) is 31.9 Å². The second-order valence-electron chi connectivity index (χ2n) is 5.04. The molecule has 1 amide bonds. The SMILES string of the molecule is NS(=O)(=O)c1ccc(CNC(=O)COC(=O)c2cnc(Cl)c(Cl)c2)cc1. The summed E-state index contributed by atoms with van der Waals surface area (Å²) in [5.41, 5.74) is 0.705. The van der Waals surface area contributed by atoms with Crippen molar-refractivity contribution in [3.05, 3.63) is 57.8 Å². The Kier molecular flexibility index (Phi) is 6.54. The summed E-state index contributed by atoms with van der Waals surface area (Å²) >= 11 is 11.4. The zero-order chi connectivity index (χ0) is 19.3. The zero-order valence-corrected chi connectivity index (χ0v) is 15.4. The highest BCUT2D eigenvalue weighted by atomic mass is 35.5. The first-order valence-electron chi connectivity index (χ1n) is 7.03. The minimum absolute atomic E-state index is 0.0308. The molecule has 11 heteroatoms. The predicted octanol–water partition coefficient (Wildman–Crippen LogP) is 1.51. The molecular formula is C15H13Cl2N3O5S. The third kappa shape index (κ3) is 5.67. The summed E-state index contributed by atoms with van der Waals surface area (Å²) in [7, 11) is -3.77. The Bertz CT molecular complexity index is 933. The number of pyridine rings is 1. The van der Waals surface area contributed by atoms with Gasteiger partial charge in [-0.05, 0) is 23.8 Å². The maximum Gasteiger partial charge on any atom is 0.340 e. The molecule has 0 aliphatic rings. The van der Waals surface area contributed by atoms with Crippen LogP contribution in [0, 0.1) is 0 Å². The number of hydrogen-bond donors (Lipinski definition) is 2. The van der Waals surface area contributed by atoms with E-state index in [1.54, 1.807) is 0 Å². The van der Waals surface area contributed by atoms with Crippen LogP contribution in [0.2, 0.25) is 10.2 Å². The molecule has 1 aromatic carbocycles. The number of nitrogens with two attached hydrogens (primary N) is 1. The van der Waals surface area contributed by atoms with E-state index < -0.39 is 28.5 Å². The Morgan fingerprint density at radius 3 is 2.42 bits per heavy atom. The zero-order valence-electron chi connectivity index (χ0n) is 13.1. The molecule has 26 heavy (non-hydrogen) atoms. The third-order valence-corrected chi connectivity index (χ3v) is 4.72. The molecular weight excluding hydrogens is 405 g/mol. The Labute approximate surface area is 159 Å². The number of esters is 1. The third-order valence-electron chi connectivity index (χ3n) is 3.11. The van der Waals surface area contributed by atoms with Crippen LogP contribution in [0.4, 0.5) is 0 Å². The van der Waals surface area contributed by atoms with Gasteiger partial charge in [-0.25, -0.2) is 23.3 Å². The minimum atomic E-state index is -3.77. The number of primary sulfonamides is 1. The van der Waals surface area contributed by atoms with E-state index in [4.69, 9.17) is 33.1 Å². The first kappa shape index (κ1) is 20.1. The van der Waals surface area contributed by atoms with Crippen molar-refractivity contribution in [2.24, 2.45) is 5.14 Å². The monoisotopic (exact) mass is 417 g/mol. The topological polar surface area (TPSA) is 128 Å². The molecule has 0 fully saturated rings. The molecule has 2 aromatic rings. The van der Waals surface area contributed by atoms with Crippen molar-refractivity contribution < 1.29 is 22.7 Å². The van der Waals surface area contributed by atoms with Crippen LogP contribution in [0.5, 0.6) is 0 Å². The number of halogens is 2. The normalized spacial score (nSPS) is 11.0. The number of ether oxygens (including phenoxy) is 1. The molecule has 0 atom stereocenters. The number of hydrogen-bond acceptors (Lipinski definition) is 6. The van der Waals surface area contributed by atoms with Crippen LogP contribution < -0.4 is 10.5 Å². The van der Waals surface area contributed by atoms with E-state index in [0.29, 0.717) is 5.56 Å². The largest absolute Gasteiger partial charge is 0.452 e. The van der Waals surface area contributed by atoms with Crippen LogP contribution in [0.3, 0.4) is 0 Å². The number of sulfonamides is 1. The van der Waals surface area contributed by atoms with E-state index in [9.17, 15) is 18.0 Å². The van der Waals surface area contributed by atoms with Gasteiger partial charge in [-0.2, -0.15) is 0 Å². The van der Waals surface area contributed by atoms with Crippen molar-refractivity contribution in [2.75, 3.05) is 6.61 Å². The summed E-state index contributed by atoms with van der Waals surface area (Å²) in [6.07, 6.45) is 1.18. The van der Waals surface area contributed by atoms with Gasteiger partial charge in [0.05, 0.1) is 15.5 Å². The molecule has 8 nitrogen and oxygen atoms in total. The molecule has 3 N–H and O–H groups in total. The van der Waals surface area contributed by atoms with E-state index in [1.807, 2.05) is 0 Å². The standard InChI is InChI=1S/C15H13Cl2N3O5S/c16-12-5-10(7-20-14(12)17)15(22)25-8-13(21)19-6-9-1-3-11(4-2-9)26(18,23)24/h1-5,7H,6,8H2,(H,19,21)(H2,18,23,24). The number of benzene rings is 1. The van der Waals surface area contributed by atoms with Crippen molar-refractivity contribution in [2.45, 2.75) is 11.4 Å². The number of nitrogens with zero attached hydrogens (tertiary/aromatic N) is 1. The summed E-state index contributed by atoms with van der Waals surface area (Å²) in [5.74, 6) is -1.31. The number of carbonyl (C=O) groups is 2. The van der Waals surface area contributed by atoms with E-state index in [0.717, 1.165) is 0 Å². The molecule has 138 valence electrons. The summed E-state index contributed by atoms with van der Waals surface area (Å²) < 4.78 is 27.2. The molecule has 2 rings (SSSR count). The first-order chi connectivity index (χ1) is 12.2. The second-order valence-corrected chi connectivity index (χ2v) is 7.37. The van der Waals surface area contributed by atoms with Crippen molar-refractivity contribution in [3.63, 3.8) is 0 Å². The van der Waals surface area contributed by atoms with Gasteiger partial charge in [-0.1, -0.05) is 35.3 Å². The van der Waals surface area contributed by atoms with Crippen molar-refractivity contribution >= 4 is 45.1 Å². The maximum atomic E-state index is 11.8. The lowest BCUT2D eigenvalue weighted by Gasteiger charge is -2.07. The molecule has 1 aromatic heterocycles. The van der Waals surface area contributed by atoms with Crippen LogP contribution in [0.25, 0.3) is 0 Å². The van der Waals surface area contributed by atoms with Crippen LogP contribution in [0.15, 0.2) is 41.4 Å². The lowest BCUT2D eigenvalue weighted by molar-refractivity contribution is -0.124. The molecule has 0 bridgehead atoms. The van der Waals surface area contributed by atoms with Crippen molar-refractivity contribution in [1.82, 2.24) is 10.3 Å². The Balaban J connectivity index is 1.83. The van der Waals surface area contributed by atoms with Crippen LogP contribution >= 0.6 is 23.2 Å². The number of amides is 1. The molecule has 0 saturated carbocycles. The Hall–Kier alpha value is -2.20. The number of aromatic nitrogens is 1. The van der Waals surface area contributed by atoms with Gasteiger partial charge >= 0.3 is 5.97 Å². The highest BCUT2D eigenvalue weighted by Crippen LogP contribution is 2.20. The predicted molar refractivity (Wildman–Crippen MR) is 94.2 cm³/mol. The maximum absolute atomic E-state index is 11.8. The fourth-order valence-electron chi connectivity index (χ4n) is 1.80. The van der Waals surface area contributed by atoms with E-state index in [-0.39, 0.29) is 27.2 Å². The first-order valence-corrected chi connectivity index (χ1v) is 9.33. The molecule has 0 saturated heterocycles. The number of carbonyl (C=O) groups excluding carboxylic acids is 2. The molecule has 0 unspecified atom stereocenters. The lowest BCUT2D eigenvalue weighted by atomic mass is 10.2. The molecule has 0 aliphatic carbocycles. The highest BCUT2D eigenvalue weighted by Gasteiger charge is 2.13. The Morgan fingerprint density at radius 1 is 1.19 bits per heavy atom. The molecule has 0 aliphatic heterocycles. The van der Waals surface area contributed by atoms with Crippen molar-refractivity contribution in [3.8, 4) is 0 Å². The fraction of sp³-hybridized carbons (Fsp3) is 0.133. The van der Waals surface area contributed by atoms with Gasteiger partial charge in [0.25, 0.3) is 5.91 Å². The highest BCUT2D eigenvalue weighted by molar-refractivity contribution is 7.89. The van der Waals surface area contributed by atoms with Gasteiger partial charge in [-0.3, -0.25) is 4.79 Å². The van der Waals surface area contributed by atoms with Gasteiger partial charge in [0.1, 0.15) is 5.15 Å². The van der Waals surface area contributed by atoms with Gasteiger partial charge in [0.2, 0.25) is 10.0 Å². The van der Waals surface area contributed by atoms with Crippen LogP contribution in [0.1, 0.15) is 15.9 Å². The van der Waals surface area contributed by atoms with E-state index in [1.165, 1.54) is 36.5 Å². The van der Waals surface area contributed by atoms with E-state index >= 15 is 0 Å². The van der Waals surface area contributed by atoms with Crippen LogP contribution in [-0.2, 0) is 26.1 Å². The fourth-order valence-corrected chi connectivity index (χ4v) is 2.58. The van der Waals surface area contributed by atoms with Crippen molar-refractivity contribution in [1.29, 1.82) is 0 Å². The summed E-state index contributed by atoms with van der Waals surface area (Å²) in [4.78, 5) is 27.2. The summed E-state index contributed by atoms with van der Waals surface area (Å²) in [5, 5.41) is 7.66. The van der Waals surface area contributed by atoms with Gasteiger partial charge in [0, 0.05) is 12.7 Å². The summed E-state index contributed by atoms with van der Waals surface area (Å²) in [6.45, 7) is -0.385. The van der Waals surface area contributed by atoms with Gasteiger partial charge < -0.3 is 10.1 Å². The second kappa shape index (κ2) is 8.45. The minimum Gasteiger partial charge on any atom is -0.452 e. The molecule has 0 radical (unpaired) electrons. The Morgan fingerprint density at radius 2 is 1.85 bits per heavy atom. The van der Waals surface area contributed by atoms with Gasteiger partial charge in [-0.15, -0.1) is 0 Å². The molecule has 0 spiro atoms. The summed E-state index contributed by atoms with van der Waals surface area (Å²) in [6, 6.07) is 6.95. The quantitative estimate of drug-likeness (QED) is 0.541. The molecule has 1 heterocycles. The lowest BCUT2D eigenvalue weighted by Crippen LogP contribution is -2.28. The van der Waals surface area contributed by atoms with E-state index in [2.05, 4.69) is 10.3 Å². The number of rotatable bonds is 6. The smallest absolute Gasteiger partial charge is 0.340 e. The average Bonchev–Trinajstić information content (AvgIpc) is 2.59.